The number of halogens is 1. The number of ketones is 1. The summed E-state index contributed by atoms with van der Waals surface area (Å²) >= 11 is 0. The Balaban J connectivity index is 0.00000225. The van der Waals surface area contributed by atoms with Gasteiger partial charge >= 0.3 is 0 Å². The van der Waals surface area contributed by atoms with Gasteiger partial charge in [-0.1, -0.05) is 37.6 Å². The quantitative estimate of drug-likeness (QED) is 0.815. The van der Waals surface area contributed by atoms with E-state index in [1.807, 2.05) is 23.1 Å². The smallest absolute Gasteiger partial charge is 0.231 e. The number of nitrogens with one attached hydrogen (secondary N) is 1. The van der Waals surface area contributed by atoms with Crippen LogP contribution in [0.4, 0.5) is 0 Å². The second kappa shape index (κ2) is 8.59. The highest BCUT2D eigenvalue weighted by atomic mass is 35.5. The summed E-state index contributed by atoms with van der Waals surface area (Å²) in [7, 11) is 0. The lowest BCUT2D eigenvalue weighted by Crippen LogP contribution is -2.50. The van der Waals surface area contributed by atoms with E-state index in [1.165, 1.54) is 0 Å². The molecular formula is C19H25ClN2O3. The Bertz CT molecular complexity index is 662. The average molecular weight is 365 g/mol. The standard InChI is InChI=1S/C19H24N2O3.ClH/c1-2-5-13(20)10-14-12-24-9-8-21(14)19(23)17-11-18(22)16-7-4-3-6-15(16)17;/h3-4,6-7,14,17,20H,2,5,8-12H2,1H3;1H. The van der Waals surface area contributed by atoms with E-state index in [1.54, 1.807) is 6.07 Å². The molecule has 3 rings (SSSR count). The van der Waals surface area contributed by atoms with Gasteiger partial charge in [0.25, 0.3) is 0 Å². The zero-order valence-corrected chi connectivity index (χ0v) is 15.3. The van der Waals surface area contributed by atoms with Gasteiger partial charge in [-0.25, -0.2) is 0 Å². The molecule has 1 saturated heterocycles. The minimum absolute atomic E-state index is 0. The molecule has 2 unspecified atom stereocenters. The molecule has 0 spiro atoms. The first-order valence-electron chi connectivity index (χ1n) is 8.68. The molecule has 1 fully saturated rings. The maximum atomic E-state index is 13.1. The van der Waals surface area contributed by atoms with Gasteiger partial charge in [0.15, 0.2) is 5.78 Å². The van der Waals surface area contributed by atoms with E-state index in [0.717, 1.165) is 18.4 Å². The van der Waals surface area contributed by atoms with Gasteiger partial charge in [-0.15, -0.1) is 12.4 Å². The third-order valence-corrected chi connectivity index (χ3v) is 4.87. The van der Waals surface area contributed by atoms with Gasteiger partial charge in [-0.2, -0.15) is 0 Å². The second-order valence-corrected chi connectivity index (χ2v) is 6.59. The predicted octanol–water partition coefficient (Wildman–Crippen LogP) is 3.22. The minimum atomic E-state index is -0.380. The Hall–Kier alpha value is -1.72. The number of Topliss-reactive ketones (excluding diaryl/α,β-unsaturated/α-hetero) is 1. The largest absolute Gasteiger partial charge is 0.377 e. The molecule has 0 bridgehead atoms. The van der Waals surface area contributed by atoms with Crippen molar-refractivity contribution in [2.45, 2.75) is 44.6 Å². The third-order valence-electron chi connectivity index (χ3n) is 4.87. The number of carbonyl (C=O) groups is 2. The minimum Gasteiger partial charge on any atom is -0.377 e. The van der Waals surface area contributed by atoms with Crippen molar-refractivity contribution in [3.63, 3.8) is 0 Å². The van der Waals surface area contributed by atoms with Crippen LogP contribution in [-0.4, -0.2) is 48.1 Å². The highest BCUT2D eigenvalue weighted by molar-refractivity contribution is 6.06. The van der Waals surface area contributed by atoms with Crippen LogP contribution in [0.5, 0.6) is 0 Å². The Labute approximate surface area is 154 Å². The summed E-state index contributed by atoms with van der Waals surface area (Å²) in [5, 5.41) is 8.07. The lowest BCUT2D eigenvalue weighted by molar-refractivity contribution is -0.141. The molecule has 1 amide bonds. The summed E-state index contributed by atoms with van der Waals surface area (Å²) in [4.78, 5) is 27.1. The Morgan fingerprint density at radius 2 is 2.12 bits per heavy atom. The first-order valence-corrected chi connectivity index (χ1v) is 8.68. The van der Waals surface area contributed by atoms with Crippen molar-refractivity contribution in [3.05, 3.63) is 35.4 Å². The second-order valence-electron chi connectivity index (χ2n) is 6.59. The van der Waals surface area contributed by atoms with Crippen molar-refractivity contribution in [2.75, 3.05) is 19.8 Å². The molecule has 2 aliphatic rings. The van der Waals surface area contributed by atoms with Gasteiger partial charge in [-0.05, 0) is 12.0 Å². The molecule has 1 aliphatic heterocycles. The van der Waals surface area contributed by atoms with Gasteiger partial charge in [0.2, 0.25) is 5.91 Å². The lowest BCUT2D eigenvalue weighted by Gasteiger charge is -2.37. The highest BCUT2D eigenvalue weighted by Gasteiger charge is 2.39. The molecular weight excluding hydrogens is 340 g/mol. The molecule has 6 heteroatoms. The zero-order valence-electron chi connectivity index (χ0n) is 14.5. The molecule has 136 valence electrons. The molecule has 0 saturated carbocycles. The van der Waals surface area contributed by atoms with Crippen LogP contribution in [0.25, 0.3) is 0 Å². The van der Waals surface area contributed by atoms with E-state index in [2.05, 4.69) is 6.92 Å². The summed E-state index contributed by atoms with van der Waals surface area (Å²) in [6.07, 6.45) is 2.50. The topological polar surface area (TPSA) is 70.5 Å². The van der Waals surface area contributed by atoms with Crippen LogP contribution in [0.15, 0.2) is 24.3 Å². The number of amides is 1. The summed E-state index contributed by atoms with van der Waals surface area (Å²) < 4.78 is 5.54. The number of fused-ring (bicyclic) bond motifs is 1. The molecule has 5 nitrogen and oxygen atoms in total. The number of benzene rings is 1. The van der Waals surface area contributed by atoms with Gasteiger partial charge < -0.3 is 15.0 Å². The Morgan fingerprint density at radius 1 is 1.36 bits per heavy atom. The lowest BCUT2D eigenvalue weighted by atomic mass is 9.97. The van der Waals surface area contributed by atoms with E-state index < -0.39 is 0 Å². The Morgan fingerprint density at radius 3 is 2.88 bits per heavy atom. The predicted molar refractivity (Wildman–Crippen MR) is 99.0 cm³/mol. The third kappa shape index (κ3) is 4.10. The molecule has 1 N–H and O–H groups in total. The van der Waals surface area contributed by atoms with Gasteiger partial charge in [0, 0.05) is 30.7 Å². The van der Waals surface area contributed by atoms with Crippen LogP contribution in [0.2, 0.25) is 0 Å². The van der Waals surface area contributed by atoms with Crippen molar-refractivity contribution in [1.29, 1.82) is 5.41 Å². The fraction of sp³-hybridized carbons (Fsp3) is 0.526. The molecule has 1 aliphatic carbocycles. The number of morpholine rings is 1. The molecule has 0 radical (unpaired) electrons. The maximum absolute atomic E-state index is 13.1. The average Bonchev–Trinajstić information content (AvgIpc) is 2.92. The van der Waals surface area contributed by atoms with E-state index in [-0.39, 0.29) is 42.5 Å². The van der Waals surface area contributed by atoms with Crippen LogP contribution in [0, 0.1) is 5.41 Å². The van der Waals surface area contributed by atoms with Crippen LogP contribution >= 0.6 is 12.4 Å². The fourth-order valence-corrected chi connectivity index (χ4v) is 3.68. The summed E-state index contributed by atoms with van der Waals surface area (Å²) in [5.74, 6) is -0.326. The van der Waals surface area contributed by atoms with Crippen LogP contribution in [0.3, 0.4) is 0 Å². The van der Waals surface area contributed by atoms with Crippen LogP contribution in [-0.2, 0) is 9.53 Å². The first kappa shape index (κ1) is 19.6. The van der Waals surface area contributed by atoms with Crippen molar-refractivity contribution in [1.82, 2.24) is 4.90 Å². The van der Waals surface area contributed by atoms with Crippen LogP contribution < -0.4 is 0 Å². The van der Waals surface area contributed by atoms with Crippen molar-refractivity contribution in [3.8, 4) is 0 Å². The van der Waals surface area contributed by atoms with Crippen molar-refractivity contribution in [2.24, 2.45) is 0 Å². The van der Waals surface area contributed by atoms with E-state index >= 15 is 0 Å². The molecule has 2 atom stereocenters. The van der Waals surface area contributed by atoms with Crippen molar-refractivity contribution < 1.29 is 14.3 Å². The van der Waals surface area contributed by atoms with E-state index in [4.69, 9.17) is 10.1 Å². The zero-order chi connectivity index (χ0) is 17.1. The summed E-state index contributed by atoms with van der Waals surface area (Å²) in [6, 6.07) is 7.32. The molecule has 25 heavy (non-hydrogen) atoms. The number of rotatable bonds is 5. The van der Waals surface area contributed by atoms with Crippen LogP contribution in [0.1, 0.15) is 54.4 Å². The fourth-order valence-electron chi connectivity index (χ4n) is 3.68. The molecule has 1 aromatic carbocycles. The molecule has 1 aromatic rings. The first-order chi connectivity index (χ1) is 11.6. The summed E-state index contributed by atoms with van der Waals surface area (Å²) in [6.45, 7) is 3.58. The van der Waals surface area contributed by atoms with Crippen molar-refractivity contribution >= 4 is 29.8 Å². The van der Waals surface area contributed by atoms with E-state index in [9.17, 15) is 9.59 Å². The highest BCUT2D eigenvalue weighted by Crippen LogP contribution is 2.35. The number of nitrogens with zero attached hydrogens (tertiary/aromatic N) is 1. The maximum Gasteiger partial charge on any atom is 0.231 e. The van der Waals surface area contributed by atoms with E-state index in [0.29, 0.717) is 37.5 Å². The molecule has 0 aromatic heterocycles. The van der Waals surface area contributed by atoms with Gasteiger partial charge in [0.1, 0.15) is 0 Å². The summed E-state index contributed by atoms with van der Waals surface area (Å²) in [5.41, 5.74) is 2.19. The number of hydrogen-bond donors (Lipinski definition) is 1. The Kier molecular flexibility index (Phi) is 6.73. The normalized spacial score (nSPS) is 22.3. The molecule has 1 heterocycles. The number of ether oxygens (including phenoxy) is 1. The SMILES string of the molecule is CCCC(=N)CC1COCCN1C(=O)C1CC(=O)c2ccccc21.Cl. The number of hydrogen-bond acceptors (Lipinski definition) is 4. The van der Waals surface area contributed by atoms with Gasteiger partial charge in [0.05, 0.1) is 25.2 Å². The number of carbonyl (C=O) groups excluding carboxylic acids is 2. The van der Waals surface area contributed by atoms with Gasteiger partial charge in [-0.3, -0.25) is 9.59 Å². The monoisotopic (exact) mass is 364 g/mol.